The first-order chi connectivity index (χ1) is 13.3. The number of guanidine groups is 1. The molecule has 0 aromatic heterocycles. The molecule has 1 aromatic carbocycles. The largest absolute Gasteiger partial charge is 0.369 e. The molecule has 0 aliphatic carbocycles. The van der Waals surface area contributed by atoms with Crippen LogP contribution in [0.25, 0.3) is 0 Å². The second kappa shape index (κ2) is 9.33. The highest BCUT2D eigenvalue weighted by Crippen LogP contribution is 2.23. The molecule has 1 aromatic rings. The van der Waals surface area contributed by atoms with Crippen molar-refractivity contribution in [3.05, 3.63) is 29.3 Å². The number of rotatable bonds is 6. The number of halogens is 1. The Balaban J connectivity index is 1.54. The lowest BCUT2D eigenvalue weighted by atomic mass is 10.1. The van der Waals surface area contributed by atoms with Crippen LogP contribution in [-0.4, -0.2) is 70.2 Å². The van der Waals surface area contributed by atoms with E-state index in [1.54, 1.807) is 4.31 Å². The number of hydrogen-bond acceptors (Lipinski definition) is 4. The molecule has 2 atom stereocenters. The maximum Gasteiger partial charge on any atom is 0.211 e. The van der Waals surface area contributed by atoms with Crippen LogP contribution in [0.4, 0.5) is 5.69 Å². The minimum absolute atomic E-state index is 0.275. The third kappa shape index (κ3) is 5.75. The van der Waals surface area contributed by atoms with Crippen molar-refractivity contribution in [1.29, 1.82) is 0 Å². The van der Waals surface area contributed by atoms with Gasteiger partial charge in [-0.05, 0) is 43.9 Å². The summed E-state index contributed by atoms with van der Waals surface area (Å²) >= 11 is 6.11. The fraction of sp³-hybridized carbons (Fsp3) is 0.632. The van der Waals surface area contributed by atoms with E-state index in [4.69, 9.17) is 16.6 Å². The summed E-state index contributed by atoms with van der Waals surface area (Å²) in [5.41, 5.74) is 1.14. The van der Waals surface area contributed by atoms with Crippen molar-refractivity contribution in [3.8, 4) is 0 Å². The van der Waals surface area contributed by atoms with E-state index in [0.717, 1.165) is 49.1 Å². The van der Waals surface area contributed by atoms with E-state index in [0.29, 0.717) is 25.7 Å². The Kier molecular flexibility index (Phi) is 7.06. The standard InChI is InChI=1S/C19H30ClN5O2S/c1-3-21-19(22-12-15-7-10-25(13-15)28(2,26)27)23-17-8-9-24(14-17)18-6-4-5-16(20)11-18/h4-6,11,15,17H,3,7-10,12-14H2,1-2H3,(H2,21,22,23). The van der Waals surface area contributed by atoms with Gasteiger partial charge in [-0.25, -0.2) is 12.7 Å². The van der Waals surface area contributed by atoms with Gasteiger partial charge in [0.05, 0.1) is 6.26 Å². The van der Waals surface area contributed by atoms with E-state index in [9.17, 15) is 8.42 Å². The van der Waals surface area contributed by atoms with Crippen LogP contribution < -0.4 is 15.5 Å². The lowest BCUT2D eigenvalue weighted by Crippen LogP contribution is -2.45. The van der Waals surface area contributed by atoms with Crippen LogP contribution in [0.3, 0.4) is 0 Å². The van der Waals surface area contributed by atoms with Crippen LogP contribution in [0, 0.1) is 5.92 Å². The Morgan fingerprint density at radius 3 is 2.79 bits per heavy atom. The fourth-order valence-corrected chi connectivity index (χ4v) is 4.87. The molecule has 7 nitrogen and oxygen atoms in total. The molecular formula is C19H30ClN5O2S. The van der Waals surface area contributed by atoms with Gasteiger partial charge >= 0.3 is 0 Å². The topological polar surface area (TPSA) is 77.0 Å². The molecule has 0 spiro atoms. The number of benzene rings is 1. The average Bonchev–Trinajstić information content (AvgIpc) is 3.29. The van der Waals surface area contributed by atoms with E-state index in [2.05, 4.69) is 21.6 Å². The highest BCUT2D eigenvalue weighted by molar-refractivity contribution is 7.88. The first-order valence-electron chi connectivity index (χ1n) is 9.85. The summed E-state index contributed by atoms with van der Waals surface area (Å²) < 4.78 is 24.9. The van der Waals surface area contributed by atoms with Crippen molar-refractivity contribution in [2.24, 2.45) is 10.9 Å². The van der Waals surface area contributed by atoms with Gasteiger partial charge in [-0.15, -0.1) is 0 Å². The maximum atomic E-state index is 11.7. The highest BCUT2D eigenvalue weighted by Gasteiger charge is 2.28. The first kappa shape index (κ1) is 21.2. The number of anilines is 1. The van der Waals surface area contributed by atoms with E-state index in [1.165, 1.54) is 6.26 Å². The summed E-state index contributed by atoms with van der Waals surface area (Å²) in [5.74, 6) is 1.08. The monoisotopic (exact) mass is 427 g/mol. The van der Waals surface area contributed by atoms with E-state index in [1.807, 2.05) is 25.1 Å². The molecule has 2 heterocycles. The molecule has 2 fully saturated rings. The normalized spacial score (nSPS) is 24.0. The van der Waals surface area contributed by atoms with Crippen LogP contribution in [0.15, 0.2) is 29.3 Å². The third-order valence-electron chi connectivity index (χ3n) is 5.27. The summed E-state index contributed by atoms with van der Waals surface area (Å²) in [4.78, 5) is 7.05. The molecule has 3 rings (SSSR count). The lowest BCUT2D eigenvalue weighted by Gasteiger charge is -2.21. The van der Waals surface area contributed by atoms with Gasteiger partial charge in [0.25, 0.3) is 0 Å². The van der Waals surface area contributed by atoms with Crippen LogP contribution in [0.2, 0.25) is 5.02 Å². The van der Waals surface area contributed by atoms with Crippen molar-refractivity contribution in [1.82, 2.24) is 14.9 Å². The molecule has 2 unspecified atom stereocenters. The van der Waals surface area contributed by atoms with Gasteiger partial charge in [0, 0.05) is 56.0 Å². The molecule has 9 heteroatoms. The van der Waals surface area contributed by atoms with Gasteiger partial charge < -0.3 is 15.5 Å². The molecule has 2 aliphatic heterocycles. The Morgan fingerprint density at radius 2 is 2.11 bits per heavy atom. The SMILES string of the molecule is CCNC(=NCC1CCN(S(C)(=O)=O)C1)NC1CCN(c2cccc(Cl)c2)C1. The number of hydrogen-bond donors (Lipinski definition) is 2. The molecule has 0 radical (unpaired) electrons. The second-order valence-corrected chi connectivity index (χ2v) is 9.97. The van der Waals surface area contributed by atoms with Gasteiger partial charge in [-0.2, -0.15) is 0 Å². The van der Waals surface area contributed by atoms with Crippen molar-refractivity contribution < 1.29 is 8.42 Å². The number of sulfonamides is 1. The van der Waals surface area contributed by atoms with Gasteiger partial charge in [0.2, 0.25) is 10.0 Å². The Hall–Kier alpha value is -1.51. The van der Waals surface area contributed by atoms with Crippen LogP contribution in [0.5, 0.6) is 0 Å². The number of nitrogens with one attached hydrogen (secondary N) is 2. The summed E-state index contributed by atoms with van der Waals surface area (Å²) in [7, 11) is -3.10. The molecule has 2 N–H and O–H groups in total. The maximum absolute atomic E-state index is 11.7. The molecule has 0 amide bonds. The quantitative estimate of drug-likeness (QED) is 0.534. The zero-order valence-electron chi connectivity index (χ0n) is 16.6. The molecule has 0 bridgehead atoms. The molecule has 2 aliphatic rings. The zero-order valence-corrected chi connectivity index (χ0v) is 18.1. The first-order valence-corrected chi connectivity index (χ1v) is 12.1. The van der Waals surface area contributed by atoms with Crippen LogP contribution >= 0.6 is 11.6 Å². The van der Waals surface area contributed by atoms with E-state index in [-0.39, 0.29) is 5.92 Å². The van der Waals surface area contributed by atoms with E-state index < -0.39 is 10.0 Å². The van der Waals surface area contributed by atoms with Gasteiger partial charge in [0.1, 0.15) is 0 Å². The second-order valence-electron chi connectivity index (χ2n) is 7.55. The van der Waals surface area contributed by atoms with Gasteiger partial charge in [-0.1, -0.05) is 17.7 Å². The minimum Gasteiger partial charge on any atom is -0.369 e. The summed E-state index contributed by atoms with van der Waals surface area (Å²) in [6.07, 6.45) is 3.17. The molecular weight excluding hydrogens is 398 g/mol. The van der Waals surface area contributed by atoms with Crippen molar-refractivity contribution in [2.45, 2.75) is 25.8 Å². The zero-order chi connectivity index (χ0) is 20.1. The molecule has 156 valence electrons. The summed E-state index contributed by atoms with van der Waals surface area (Å²) in [6, 6.07) is 8.26. The van der Waals surface area contributed by atoms with Crippen molar-refractivity contribution >= 4 is 33.3 Å². The van der Waals surface area contributed by atoms with Crippen molar-refractivity contribution in [3.63, 3.8) is 0 Å². The predicted octanol–water partition coefficient (Wildman–Crippen LogP) is 1.76. The minimum atomic E-state index is -3.10. The number of nitrogens with zero attached hydrogens (tertiary/aromatic N) is 3. The van der Waals surface area contributed by atoms with Crippen molar-refractivity contribution in [2.75, 3.05) is 50.4 Å². The summed E-state index contributed by atoms with van der Waals surface area (Å²) in [6.45, 7) is 6.50. The van der Waals surface area contributed by atoms with Gasteiger partial charge in [0.15, 0.2) is 5.96 Å². The fourth-order valence-electron chi connectivity index (χ4n) is 3.77. The summed E-state index contributed by atoms with van der Waals surface area (Å²) in [5, 5.41) is 7.59. The van der Waals surface area contributed by atoms with Crippen LogP contribution in [0.1, 0.15) is 19.8 Å². The molecule has 0 saturated carbocycles. The third-order valence-corrected chi connectivity index (χ3v) is 6.78. The molecule has 28 heavy (non-hydrogen) atoms. The van der Waals surface area contributed by atoms with Gasteiger partial charge in [-0.3, -0.25) is 4.99 Å². The number of aliphatic imine (C=N–C) groups is 1. The Labute approximate surface area is 173 Å². The average molecular weight is 428 g/mol. The van der Waals surface area contributed by atoms with E-state index >= 15 is 0 Å². The van der Waals surface area contributed by atoms with Crippen LogP contribution in [-0.2, 0) is 10.0 Å². The smallest absolute Gasteiger partial charge is 0.211 e. The molecule has 2 saturated heterocycles. The predicted molar refractivity (Wildman–Crippen MR) is 116 cm³/mol. The Morgan fingerprint density at radius 1 is 1.29 bits per heavy atom. The Bertz CT molecular complexity index is 801. The lowest BCUT2D eigenvalue weighted by molar-refractivity contribution is 0.463. The highest BCUT2D eigenvalue weighted by atomic mass is 35.5.